The summed E-state index contributed by atoms with van der Waals surface area (Å²) >= 11 is 6.50. The van der Waals surface area contributed by atoms with Crippen molar-refractivity contribution in [1.82, 2.24) is 4.90 Å². The van der Waals surface area contributed by atoms with Crippen LogP contribution in [-0.2, 0) is 9.59 Å². The van der Waals surface area contributed by atoms with Crippen LogP contribution in [0.25, 0.3) is 6.08 Å². The molecular formula is C22H20N2O3S2. The number of aryl methyl sites for hydroxylation is 1. The Hall–Kier alpha value is -2.90. The van der Waals surface area contributed by atoms with Gasteiger partial charge in [-0.3, -0.25) is 14.5 Å². The molecule has 5 nitrogen and oxygen atoms in total. The molecule has 1 fully saturated rings. The molecular weight excluding hydrogens is 404 g/mol. The molecule has 0 aromatic heterocycles. The lowest BCUT2D eigenvalue weighted by Gasteiger charge is -2.10. The number of benzene rings is 2. The summed E-state index contributed by atoms with van der Waals surface area (Å²) in [6, 6.07) is 14.8. The number of carbonyl (C=O) groups is 2. The lowest BCUT2D eigenvalue weighted by atomic mass is 10.2. The van der Waals surface area contributed by atoms with Crippen LogP contribution < -0.4 is 10.1 Å². The van der Waals surface area contributed by atoms with Crippen molar-refractivity contribution in [1.29, 1.82) is 0 Å². The van der Waals surface area contributed by atoms with Crippen LogP contribution in [0.5, 0.6) is 5.75 Å². The topological polar surface area (TPSA) is 58.6 Å². The fraction of sp³-hybridized carbons (Fsp3) is 0.136. The molecule has 148 valence electrons. The lowest BCUT2D eigenvalue weighted by Crippen LogP contribution is -2.27. The minimum absolute atomic E-state index is 0.112. The number of anilines is 1. The number of carbonyl (C=O) groups excluding carboxylic acids is 2. The van der Waals surface area contributed by atoms with E-state index in [-0.39, 0.29) is 18.4 Å². The first kappa shape index (κ1) is 20.8. The van der Waals surface area contributed by atoms with Gasteiger partial charge in [-0.25, -0.2) is 0 Å². The standard InChI is InChI=1S/C22H20N2O3S2/c1-3-10-24-21(26)19(29-22(24)28)13-16-7-5-9-18(12-16)27-14-20(25)23-17-8-4-6-15(2)11-17/h3-9,11-13H,1,10,14H2,2H3,(H,23,25)/b19-13-. The highest BCUT2D eigenvalue weighted by molar-refractivity contribution is 8.26. The van der Waals surface area contributed by atoms with E-state index in [2.05, 4.69) is 11.9 Å². The van der Waals surface area contributed by atoms with E-state index in [4.69, 9.17) is 17.0 Å². The summed E-state index contributed by atoms with van der Waals surface area (Å²) in [5, 5.41) is 2.80. The number of thiocarbonyl (C=S) groups is 1. The Bertz CT molecular complexity index is 1000. The fourth-order valence-corrected chi connectivity index (χ4v) is 3.98. The molecule has 1 N–H and O–H groups in total. The highest BCUT2D eigenvalue weighted by Crippen LogP contribution is 2.32. The first-order valence-electron chi connectivity index (χ1n) is 8.92. The molecule has 1 heterocycles. The maximum atomic E-state index is 12.4. The van der Waals surface area contributed by atoms with Crippen LogP contribution >= 0.6 is 24.0 Å². The Balaban J connectivity index is 1.62. The first-order chi connectivity index (χ1) is 14.0. The van der Waals surface area contributed by atoms with E-state index in [1.807, 2.05) is 43.3 Å². The van der Waals surface area contributed by atoms with E-state index in [0.29, 0.717) is 21.5 Å². The second kappa shape index (κ2) is 9.54. The van der Waals surface area contributed by atoms with Crippen LogP contribution in [0.1, 0.15) is 11.1 Å². The van der Waals surface area contributed by atoms with Gasteiger partial charge in [0, 0.05) is 12.2 Å². The summed E-state index contributed by atoms with van der Waals surface area (Å²) in [5.41, 5.74) is 2.59. The van der Waals surface area contributed by atoms with Crippen molar-refractivity contribution in [3.8, 4) is 5.75 Å². The molecule has 0 radical (unpaired) electrons. The summed E-state index contributed by atoms with van der Waals surface area (Å²) in [6.07, 6.45) is 3.41. The van der Waals surface area contributed by atoms with E-state index >= 15 is 0 Å². The summed E-state index contributed by atoms with van der Waals surface area (Å²) < 4.78 is 6.12. The van der Waals surface area contributed by atoms with Crippen molar-refractivity contribution < 1.29 is 14.3 Å². The summed E-state index contributed by atoms with van der Waals surface area (Å²) in [4.78, 5) is 26.6. The first-order valence-corrected chi connectivity index (χ1v) is 10.1. The largest absolute Gasteiger partial charge is 0.484 e. The van der Waals surface area contributed by atoms with Gasteiger partial charge in [0.1, 0.15) is 10.1 Å². The van der Waals surface area contributed by atoms with Gasteiger partial charge < -0.3 is 10.1 Å². The zero-order chi connectivity index (χ0) is 20.8. The zero-order valence-corrected chi connectivity index (χ0v) is 17.5. The molecule has 29 heavy (non-hydrogen) atoms. The SMILES string of the molecule is C=CCN1C(=O)/C(=C/c2cccc(OCC(=O)Nc3cccc(C)c3)c2)SC1=S. The summed E-state index contributed by atoms with van der Waals surface area (Å²) in [6.45, 7) is 5.89. The average Bonchev–Trinajstić information content (AvgIpc) is 2.94. The number of nitrogens with one attached hydrogen (secondary N) is 1. The average molecular weight is 425 g/mol. The van der Waals surface area contributed by atoms with Gasteiger partial charge >= 0.3 is 0 Å². The third-order valence-corrected chi connectivity index (χ3v) is 5.39. The van der Waals surface area contributed by atoms with Crippen molar-refractivity contribution in [3.63, 3.8) is 0 Å². The summed E-state index contributed by atoms with van der Waals surface area (Å²) in [5.74, 6) is 0.162. The molecule has 1 aliphatic heterocycles. The molecule has 3 rings (SSSR count). The zero-order valence-electron chi connectivity index (χ0n) is 15.9. The van der Waals surface area contributed by atoms with Crippen molar-refractivity contribution in [2.45, 2.75) is 6.92 Å². The van der Waals surface area contributed by atoms with E-state index in [0.717, 1.165) is 16.8 Å². The molecule has 0 spiro atoms. The maximum Gasteiger partial charge on any atom is 0.266 e. The van der Waals surface area contributed by atoms with E-state index in [1.54, 1.807) is 24.3 Å². The number of amides is 2. The molecule has 0 bridgehead atoms. The van der Waals surface area contributed by atoms with Crippen LogP contribution in [0.3, 0.4) is 0 Å². The normalized spacial score (nSPS) is 14.9. The Morgan fingerprint density at radius 1 is 1.28 bits per heavy atom. The van der Waals surface area contributed by atoms with Gasteiger partial charge in [0.25, 0.3) is 11.8 Å². The number of hydrogen-bond donors (Lipinski definition) is 1. The third kappa shape index (κ3) is 5.56. The Kier molecular flexibility index (Phi) is 6.85. The lowest BCUT2D eigenvalue weighted by molar-refractivity contribution is -0.121. The Labute approximate surface area is 179 Å². The number of ether oxygens (including phenoxy) is 1. The van der Waals surface area contributed by atoms with E-state index in [9.17, 15) is 9.59 Å². The van der Waals surface area contributed by atoms with Gasteiger partial charge in [-0.05, 0) is 48.4 Å². The van der Waals surface area contributed by atoms with Crippen LogP contribution in [0.15, 0.2) is 66.1 Å². The molecule has 2 aromatic carbocycles. The highest BCUT2D eigenvalue weighted by Gasteiger charge is 2.30. The van der Waals surface area contributed by atoms with Gasteiger partial charge in [0.15, 0.2) is 6.61 Å². The predicted molar refractivity (Wildman–Crippen MR) is 122 cm³/mol. The van der Waals surface area contributed by atoms with Crippen molar-refractivity contribution in [3.05, 3.63) is 77.2 Å². The number of hydrogen-bond acceptors (Lipinski definition) is 5. The van der Waals surface area contributed by atoms with Crippen molar-refractivity contribution in [2.75, 3.05) is 18.5 Å². The monoisotopic (exact) mass is 424 g/mol. The molecule has 2 amide bonds. The van der Waals surface area contributed by atoms with Gasteiger partial charge in [0.05, 0.1) is 4.91 Å². The van der Waals surface area contributed by atoms with Crippen LogP contribution in [0.4, 0.5) is 5.69 Å². The second-order valence-corrected chi connectivity index (χ2v) is 8.04. The minimum Gasteiger partial charge on any atom is -0.484 e. The second-order valence-electron chi connectivity index (χ2n) is 6.36. The smallest absolute Gasteiger partial charge is 0.266 e. The van der Waals surface area contributed by atoms with Crippen LogP contribution in [0, 0.1) is 6.92 Å². The van der Waals surface area contributed by atoms with E-state index < -0.39 is 0 Å². The van der Waals surface area contributed by atoms with Crippen LogP contribution in [0.2, 0.25) is 0 Å². The van der Waals surface area contributed by atoms with Crippen molar-refractivity contribution >= 4 is 51.9 Å². The molecule has 0 saturated carbocycles. The number of nitrogens with zero attached hydrogens (tertiary/aromatic N) is 1. The molecule has 1 saturated heterocycles. The molecule has 0 aliphatic carbocycles. The van der Waals surface area contributed by atoms with Crippen LogP contribution in [-0.4, -0.2) is 34.2 Å². The fourth-order valence-electron chi connectivity index (χ4n) is 2.70. The van der Waals surface area contributed by atoms with Gasteiger partial charge in [-0.15, -0.1) is 6.58 Å². The number of rotatable bonds is 7. The third-order valence-electron chi connectivity index (χ3n) is 4.01. The van der Waals surface area contributed by atoms with Crippen molar-refractivity contribution in [2.24, 2.45) is 0 Å². The maximum absolute atomic E-state index is 12.4. The minimum atomic E-state index is -0.244. The van der Waals surface area contributed by atoms with Gasteiger partial charge in [-0.1, -0.05) is 54.3 Å². The Morgan fingerprint density at radius 3 is 2.83 bits per heavy atom. The molecule has 7 heteroatoms. The van der Waals surface area contributed by atoms with Gasteiger partial charge in [-0.2, -0.15) is 0 Å². The number of thioether (sulfide) groups is 1. The molecule has 0 unspecified atom stereocenters. The highest BCUT2D eigenvalue weighted by atomic mass is 32.2. The molecule has 0 atom stereocenters. The molecule has 2 aromatic rings. The quantitative estimate of drug-likeness (QED) is 0.406. The van der Waals surface area contributed by atoms with E-state index in [1.165, 1.54) is 16.7 Å². The summed E-state index contributed by atoms with van der Waals surface area (Å²) in [7, 11) is 0. The Morgan fingerprint density at radius 2 is 2.07 bits per heavy atom. The molecule has 1 aliphatic rings. The predicted octanol–water partition coefficient (Wildman–Crippen LogP) is 4.40. The van der Waals surface area contributed by atoms with Gasteiger partial charge in [0.2, 0.25) is 0 Å².